The van der Waals surface area contributed by atoms with Crippen molar-refractivity contribution >= 4 is 106 Å². The fourth-order valence-electron chi connectivity index (χ4n) is 8.00. The number of rotatable bonds is 11. The number of nitrogens with zero attached hydrogens (tertiary/aromatic N) is 4. The number of hydrogen-bond acceptors (Lipinski definition) is 16. The fourth-order valence-corrected chi connectivity index (χ4v) is 8.31. The quantitative estimate of drug-likeness (QED) is 0.0505. The van der Waals surface area contributed by atoms with Crippen molar-refractivity contribution < 1.29 is 69.5 Å². The van der Waals surface area contributed by atoms with Crippen LogP contribution in [0.1, 0.15) is 35.3 Å². The first-order valence-corrected chi connectivity index (χ1v) is 24.8. The fraction of sp³-hybridized carbons (Fsp3) is 0.192. The Morgan fingerprint density at radius 1 is 0.705 bits per heavy atom. The van der Waals surface area contributed by atoms with Gasteiger partial charge in [0.05, 0.1) is 33.9 Å². The number of methoxy groups -OCH3 is 1. The van der Waals surface area contributed by atoms with Gasteiger partial charge in [-0.1, -0.05) is 107 Å². The van der Waals surface area contributed by atoms with Crippen LogP contribution in [0.25, 0.3) is 16.5 Å². The second kappa shape index (κ2) is 31.1. The highest BCUT2D eigenvalue weighted by Gasteiger charge is 2.36. The van der Waals surface area contributed by atoms with Gasteiger partial charge in [0.2, 0.25) is 5.91 Å². The van der Waals surface area contributed by atoms with Crippen molar-refractivity contribution in [1.82, 2.24) is 14.8 Å². The third-order valence-electron chi connectivity index (χ3n) is 12.1. The summed E-state index contributed by atoms with van der Waals surface area (Å²) < 4.78 is 6.02. The summed E-state index contributed by atoms with van der Waals surface area (Å²) in [7, 11) is -2.62. The summed E-state index contributed by atoms with van der Waals surface area (Å²) in [6.07, 6.45) is 5.41. The smallest absolute Gasteiger partial charge is 0.495 e. The van der Waals surface area contributed by atoms with Gasteiger partial charge in [0.15, 0.2) is 0 Å². The second-order valence-electron chi connectivity index (χ2n) is 17.1. The normalized spacial score (nSPS) is 13.6. The molecule has 0 spiro atoms. The van der Waals surface area contributed by atoms with E-state index in [2.05, 4.69) is 77.2 Å². The lowest BCUT2D eigenvalue weighted by molar-refractivity contribution is -0.384. The molecule has 78 heavy (non-hydrogen) atoms. The van der Waals surface area contributed by atoms with Crippen LogP contribution in [0.2, 0.25) is 0 Å². The maximum absolute atomic E-state index is 12.9. The molecule has 0 fully saturated rings. The van der Waals surface area contributed by atoms with Crippen LogP contribution in [0.15, 0.2) is 162 Å². The molecule has 2 aliphatic rings. The maximum atomic E-state index is 12.9. The minimum Gasteiger partial charge on any atom is -0.497 e. The minimum absolute atomic E-state index is 0.0445. The Bertz CT molecular complexity index is 3000. The summed E-state index contributed by atoms with van der Waals surface area (Å²) in [5.74, 6) is -0.120. The average molecular weight is 1130 g/mol. The minimum atomic E-state index is -1.80. The van der Waals surface area contributed by atoms with Crippen molar-refractivity contribution in [3.8, 4) is 5.75 Å². The number of aromatic nitrogens is 1. The van der Waals surface area contributed by atoms with E-state index in [4.69, 9.17) is 50.0 Å². The van der Waals surface area contributed by atoms with E-state index in [0.29, 0.717) is 17.3 Å². The van der Waals surface area contributed by atoms with E-state index in [1.165, 1.54) is 100 Å². The lowest BCUT2D eigenvalue weighted by Gasteiger charge is -2.40. The Morgan fingerprint density at radius 3 is 1.68 bits per heavy atom. The Hall–Kier alpha value is -7.48. The monoisotopic (exact) mass is 1130 g/mol. The molecule has 2 heterocycles. The number of nitro benzene ring substituents is 2. The van der Waals surface area contributed by atoms with Gasteiger partial charge in [-0.15, -0.1) is 0 Å². The van der Waals surface area contributed by atoms with Crippen LogP contribution >= 0.6 is 15.9 Å². The highest BCUT2D eigenvalue weighted by atomic mass is 79.9. The number of carboxylic acids is 1. The standard InChI is InChI=1S/C20H25N3O.C7H7BO4.C7H9BO3.2C6H6BNO4.C6H5Br/c1-4-23(5-2)20(24)14-9-16-15-7-6-8-17-19(15)13(11-21-17)10-18(16)22(3)12-14;9-7(10)5-1-3-6(4-2-5)8(11)12;1-11-7-4-2-6(3-5-7)8(9)10;9-7(10)5-1-3-6(4-2-5)8(11)12;9-7(10)5-3-1-2-4-6(5)8(11)12;7-6-4-2-1-3-5-6/h6-9,11,14,18,21H,4-5,10,12H2,1-3H3;1-4,11-12H,(H,9,10);2-5,9-10H,1H3;2*1-4,9-10H;1-5H/t14-,18-;;;;;/m1...../s1. The number of carbonyl (C=O) groups excluding carboxylic acids is 1. The molecule has 9 rings (SSSR count). The lowest BCUT2D eigenvalue weighted by atomic mass is 9.79. The molecule has 0 unspecified atom stereocenters. The Kier molecular flexibility index (Phi) is 25.1. The first kappa shape index (κ1) is 63.1. The Balaban J connectivity index is 0.000000212. The van der Waals surface area contributed by atoms with Gasteiger partial charge in [-0.05, 0) is 103 Å². The third-order valence-corrected chi connectivity index (χ3v) is 12.6. The van der Waals surface area contributed by atoms with Gasteiger partial charge in [-0.2, -0.15) is 0 Å². The Labute approximate surface area is 459 Å². The van der Waals surface area contributed by atoms with Crippen LogP contribution in [-0.2, 0) is 11.2 Å². The van der Waals surface area contributed by atoms with Crippen LogP contribution in [0.5, 0.6) is 5.75 Å². The van der Waals surface area contributed by atoms with Crippen molar-refractivity contribution in [3.05, 3.63) is 199 Å². The zero-order valence-electron chi connectivity index (χ0n) is 42.9. The lowest BCUT2D eigenvalue weighted by Crippen LogP contribution is -2.47. The van der Waals surface area contributed by atoms with E-state index in [-0.39, 0.29) is 45.2 Å². The molecule has 7 aromatic rings. The van der Waals surface area contributed by atoms with Crippen LogP contribution in [-0.4, -0.2) is 150 Å². The second-order valence-corrected chi connectivity index (χ2v) is 18.0. The first-order valence-electron chi connectivity index (χ1n) is 24.0. The van der Waals surface area contributed by atoms with Crippen LogP contribution in [0.4, 0.5) is 11.4 Å². The summed E-state index contributed by atoms with van der Waals surface area (Å²) >= 11 is 3.31. The summed E-state index contributed by atoms with van der Waals surface area (Å²) in [4.78, 5) is 50.2. The summed E-state index contributed by atoms with van der Waals surface area (Å²) in [6.45, 7) is 6.47. The van der Waals surface area contributed by atoms with Gasteiger partial charge in [0.1, 0.15) is 5.75 Å². The molecule has 0 saturated heterocycles. The molecule has 1 amide bonds. The third kappa shape index (κ3) is 18.3. The number of amides is 1. The molecule has 26 heteroatoms. The molecule has 1 aliphatic carbocycles. The summed E-state index contributed by atoms with van der Waals surface area (Å²) in [6, 6.07) is 39.2. The highest BCUT2D eigenvalue weighted by molar-refractivity contribution is 9.10. The molecular weight excluding hydrogens is 1070 g/mol. The van der Waals surface area contributed by atoms with Crippen LogP contribution < -0.4 is 26.6 Å². The van der Waals surface area contributed by atoms with Gasteiger partial charge in [-0.25, -0.2) is 4.79 Å². The molecule has 0 radical (unpaired) electrons. The molecule has 406 valence electrons. The number of non-ortho nitro benzene ring substituents is 1. The zero-order chi connectivity index (χ0) is 57.6. The van der Waals surface area contributed by atoms with Crippen molar-refractivity contribution in [2.75, 3.05) is 33.8 Å². The number of hydrogen-bond donors (Lipinski definition) is 10. The molecule has 10 N–H and O–H groups in total. The number of para-hydroxylation sites is 1. The molecule has 1 aromatic heterocycles. The zero-order valence-corrected chi connectivity index (χ0v) is 44.4. The molecule has 2 atom stereocenters. The van der Waals surface area contributed by atoms with Crippen molar-refractivity contribution in [3.63, 3.8) is 0 Å². The van der Waals surface area contributed by atoms with E-state index in [0.717, 1.165) is 30.5 Å². The highest BCUT2D eigenvalue weighted by Crippen LogP contribution is 2.41. The van der Waals surface area contributed by atoms with E-state index in [1.54, 1.807) is 31.4 Å². The molecule has 0 bridgehead atoms. The van der Waals surface area contributed by atoms with Crippen molar-refractivity contribution in [2.24, 2.45) is 5.92 Å². The number of fused-ring (bicyclic) bond motifs is 2. The predicted octanol–water partition coefficient (Wildman–Crippen LogP) is 2.34. The van der Waals surface area contributed by atoms with E-state index in [1.807, 2.05) is 35.2 Å². The molecule has 6 aromatic carbocycles. The number of benzene rings is 6. The molecule has 21 nitrogen and oxygen atoms in total. The van der Waals surface area contributed by atoms with E-state index in [9.17, 15) is 29.8 Å². The SMILES string of the molecule is Brc1ccccc1.CCN(CC)C(=O)[C@@H]1C=C2c3cccc4[nH]cc(c34)C[C@H]2N(C)C1.COc1ccc(B(O)O)cc1.O=C(O)c1ccc(B(O)O)cc1.O=[N+]([O-])c1ccc(B(O)O)cc1.O=[N+]([O-])c1ccccc1B(O)O. The average Bonchev–Trinajstić information content (AvgIpc) is 3.93. The van der Waals surface area contributed by atoms with Crippen LogP contribution in [0, 0.1) is 26.1 Å². The molecular formula is C52H58B4BrN5O16. The number of carboxylic acid groups (broad SMARTS) is 1. The molecule has 0 saturated carbocycles. The number of nitrogens with one attached hydrogen (secondary N) is 1. The number of aromatic amines is 1. The van der Waals surface area contributed by atoms with Crippen molar-refractivity contribution in [1.29, 1.82) is 0 Å². The van der Waals surface area contributed by atoms with Crippen molar-refractivity contribution in [2.45, 2.75) is 26.3 Å². The van der Waals surface area contributed by atoms with E-state index < -0.39 is 44.3 Å². The number of ether oxygens (including phenoxy) is 1. The molecule has 1 aliphatic heterocycles. The van der Waals surface area contributed by atoms with Gasteiger partial charge in [0.25, 0.3) is 11.4 Å². The first-order chi connectivity index (χ1) is 37.1. The number of likely N-dealkylation sites (N-methyl/N-ethyl adjacent to an activating group) is 1. The van der Waals surface area contributed by atoms with Crippen LogP contribution in [0.3, 0.4) is 0 Å². The number of halogens is 1. The van der Waals surface area contributed by atoms with Gasteiger partial charge in [-0.3, -0.25) is 29.9 Å². The topological polar surface area (TPSA) is 334 Å². The number of aromatic carboxylic acids is 1. The summed E-state index contributed by atoms with van der Waals surface area (Å²) in [5, 5.41) is 99.7. The maximum Gasteiger partial charge on any atom is 0.495 e. The predicted molar refractivity (Wildman–Crippen MR) is 304 cm³/mol. The Morgan fingerprint density at radius 2 is 1.23 bits per heavy atom. The summed E-state index contributed by atoms with van der Waals surface area (Å²) in [5.41, 5.74) is 5.86. The van der Waals surface area contributed by atoms with Gasteiger partial charge < -0.3 is 59.9 Å². The number of nitro groups is 2. The van der Waals surface area contributed by atoms with Gasteiger partial charge >= 0.3 is 34.4 Å². The number of carbonyl (C=O) groups is 2. The number of H-pyrrole nitrogens is 1. The van der Waals surface area contributed by atoms with Gasteiger partial charge in [0, 0.05) is 65.4 Å². The largest absolute Gasteiger partial charge is 0.497 e. The van der Waals surface area contributed by atoms with E-state index >= 15 is 0 Å².